The van der Waals surface area contributed by atoms with Crippen molar-refractivity contribution in [1.82, 2.24) is 20.9 Å². The van der Waals surface area contributed by atoms with E-state index < -0.39 is 0 Å². The van der Waals surface area contributed by atoms with Crippen molar-refractivity contribution in [2.75, 3.05) is 13.1 Å². The number of aryl methyl sites for hydroxylation is 1. The maximum atomic E-state index is 12.8. The van der Waals surface area contributed by atoms with Crippen molar-refractivity contribution in [3.05, 3.63) is 40.8 Å². The molecule has 30 heavy (non-hydrogen) atoms. The molecule has 2 amide bonds. The van der Waals surface area contributed by atoms with Crippen molar-refractivity contribution in [2.45, 2.75) is 63.7 Å². The van der Waals surface area contributed by atoms with Gasteiger partial charge in [0.2, 0.25) is 11.8 Å². The maximum absolute atomic E-state index is 12.8. The minimum absolute atomic E-state index is 0.0224. The number of amides is 2. The molecule has 1 aromatic rings. The first-order valence-corrected chi connectivity index (χ1v) is 11.9. The molecule has 2 saturated heterocycles. The Kier molecular flexibility index (Phi) is 6.51. The van der Waals surface area contributed by atoms with Gasteiger partial charge in [-0.25, -0.2) is 0 Å². The highest BCUT2D eigenvalue weighted by atomic mass is 32.2. The molecule has 0 saturated carbocycles. The fourth-order valence-corrected chi connectivity index (χ4v) is 5.54. The predicted octanol–water partition coefficient (Wildman–Crippen LogP) is 2.45. The van der Waals surface area contributed by atoms with Crippen LogP contribution >= 0.6 is 11.8 Å². The summed E-state index contributed by atoms with van der Waals surface area (Å²) >= 11 is 1.59. The summed E-state index contributed by atoms with van der Waals surface area (Å²) in [4.78, 5) is 27.7. The zero-order chi connectivity index (χ0) is 21.3. The molecule has 6 nitrogen and oxygen atoms in total. The summed E-state index contributed by atoms with van der Waals surface area (Å²) < 4.78 is 0. The monoisotopic (exact) mass is 428 g/mol. The lowest BCUT2D eigenvalue weighted by molar-refractivity contribution is -0.129. The Morgan fingerprint density at radius 2 is 2.10 bits per heavy atom. The number of nitrogens with one attached hydrogen (secondary N) is 3. The minimum atomic E-state index is -0.245. The largest absolute Gasteiger partial charge is 0.353 e. The van der Waals surface area contributed by atoms with E-state index >= 15 is 0 Å². The van der Waals surface area contributed by atoms with E-state index in [1.165, 1.54) is 11.1 Å². The third-order valence-electron chi connectivity index (χ3n) is 6.43. The van der Waals surface area contributed by atoms with Crippen LogP contribution in [0.25, 0.3) is 5.57 Å². The minimum Gasteiger partial charge on any atom is -0.353 e. The van der Waals surface area contributed by atoms with Gasteiger partial charge < -0.3 is 10.6 Å². The van der Waals surface area contributed by atoms with Crippen molar-refractivity contribution in [3.8, 4) is 0 Å². The van der Waals surface area contributed by atoms with Crippen molar-refractivity contribution >= 4 is 29.1 Å². The molecule has 0 bridgehead atoms. The summed E-state index contributed by atoms with van der Waals surface area (Å²) in [6, 6.07) is 8.65. The summed E-state index contributed by atoms with van der Waals surface area (Å²) in [5.74, 6) is 0.165. The van der Waals surface area contributed by atoms with Crippen LogP contribution in [0.15, 0.2) is 29.7 Å². The lowest BCUT2D eigenvalue weighted by atomic mass is 9.94. The van der Waals surface area contributed by atoms with Gasteiger partial charge >= 0.3 is 0 Å². The van der Waals surface area contributed by atoms with Crippen LogP contribution in [-0.4, -0.2) is 53.4 Å². The molecule has 5 unspecified atom stereocenters. The van der Waals surface area contributed by atoms with Crippen molar-refractivity contribution in [2.24, 2.45) is 5.92 Å². The van der Waals surface area contributed by atoms with Gasteiger partial charge in [0.1, 0.15) is 11.5 Å². The Morgan fingerprint density at radius 1 is 1.33 bits per heavy atom. The molecule has 3 N–H and O–H groups in total. The lowest BCUT2D eigenvalue weighted by Gasteiger charge is -2.43. The average molecular weight is 429 g/mol. The number of rotatable bonds is 5. The van der Waals surface area contributed by atoms with E-state index in [1.807, 2.05) is 6.92 Å². The normalized spacial score (nSPS) is 30.2. The molecule has 0 radical (unpaired) electrons. The van der Waals surface area contributed by atoms with Crippen LogP contribution < -0.4 is 16.0 Å². The van der Waals surface area contributed by atoms with Gasteiger partial charge in [0.15, 0.2) is 0 Å². The van der Waals surface area contributed by atoms with Gasteiger partial charge in [0, 0.05) is 19.1 Å². The molecule has 4 rings (SSSR count). The topological polar surface area (TPSA) is 73.5 Å². The summed E-state index contributed by atoms with van der Waals surface area (Å²) in [6.07, 6.45) is 2.54. The zero-order valence-electron chi connectivity index (χ0n) is 18.0. The summed E-state index contributed by atoms with van der Waals surface area (Å²) in [7, 11) is 0. The molecule has 1 aromatic carbocycles. The van der Waals surface area contributed by atoms with Crippen molar-refractivity contribution in [1.29, 1.82) is 0 Å². The number of carbonyl (C=O) groups is 2. The van der Waals surface area contributed by atoms with Gasteiger partial charge in [0.25, 0.3) is 0 Å². The van der Waals surface area contributed by atoms with E-state index in [0.717, 1.165) is 31.4 Å². The van der Waals surface area contributed by atoms with E-state index in [9.17, 15) is 9.59 Å². The van der Waals surface area contributed by atoms with Crippen LogP contribution in [0.3, 0.4) is 0 Å². The Bertz CT molecular complexity index is 825. The standard InChI is InChI=1S/C23H32N4O2S/c1-4-15(3)24-21(28)17-6-5-11-27(12-17)23-25-19-18(13-30-20(19)22(29)26-23)16-9-7-14(2)8-10-16/h7-10,13,15,17,19-20,23,25H,4-6,11-12H2,1-3H3,(H,24,28)(H,26,29). The average Bonchev–Trinajstić information content (AvgIpc) is 3.19. The van der Waals surface area contributed by atoms with Crippen LogP contribution in [0.4, 0.5) is 0 Å². The van der Waals surface area contributed by atoms with Gasteiger partial charge in [-0.05, 0) is 49.7 Å². The van der Waals surface area contributed by atoms with E-state index in [1.54, 1.807) is 11.8 Å². The second-order valence-corrected chi connectivity index (χ2v) is 9.72. The zero-order valence-corrected chi connectivity index (χ0v) is 18.8. The fraction of sp³-hybridized carbons (Fsp3) is 0.565. The number of hydrogen-bond donors (Lipinski definition) is 3. The van der Waals surface area contributed by atoms with Gasteiger partial charge in [-0.2, -0.15) is 0 Å². The quantitative estimate of drug-likeness (QED) is 0.672. The molecule has 3 aliphatic heterocycles. The smallest absolute Gasteiger partial charge is 0.237 e. The van der Waals surface area contributed by atoms with Gasteiger partial charge in [-0.15, -0.1) is 11.8 Å². The number of thioether (sulfide) groups is 1. The lowest BCUT2D eigenvalue weighted by Crippen LogP contribution is -2.69. The predicted molar refractivity (Wildman–Crippen MR) is 122 cm³/mol. The first kappa shape index (κ1) is 21.4. The molecular formula is C23H32N4O2S. The van der Waals surface area contributed by atoms with Crippen LogP contribution in [0.1, 0.15) is 44.2 Å². The first-order valence-electron chi connectivity index (χ1n) is 11.0. The van der Waals surface area contributed by atoms with Crippen LogP contribution in [-0.2, 0) is 9.59 Å². The van der Waals surface area contributed by atoms with Gasteiger partial charge in [-0.1, -0.05) is 36.8 Å². The maximum Gasteiger partial charge on any atom is 0.237 e. The molecular weight excluding hydrogens is 396 g/mol. The Labute approximate surface area is 183 Å². The van der Waals surface area contributed by atoms with Gasteiger partial charge in [0.05, 0.1) is 12.0 Å². The van der Waals surface area contributed by atoms with E-state index in [2.05, 4.69) is 64.4 Å². The molecule has 3 aliphatic rings. The van der Waals surface area contributed by atoms with Crippen LogP contribution in [0.2, 0.25) is 0 Å². The summed E-state index contributed by atoms with van der Waals surface area (Å²) in [6.45, 7) is 7.73. The van der Waals surface area contributed by atoms with Crippen molar-refractivity contribution < 1.29 is 9.59 Å². The molecule has 0 aliphatic carbocycles. The molecule has 162 valence electrons. The number of carbonyl (C=O) groups excluding carboxylic acids is 2. The number of fused-ring (bicyclic) bond motifs is 1. The third kappa shape index (κ3) is 4.43. The number of likely N-dealkylation sites (tertiary alicyclic amines) is 1. The Hall–Kier alpha value is -1.83. The Morgan fingerprint density at radius 3 is 2.83 bits per heavy atom. The number of hydrogen-bond acceptors (Lipinski definition) is 5. The number of benzene rings is 1. The van der Waals surface area contributed by atoms with Crippen LogP contribution in [0, 0.1) is 12.8 Å². The molecule has 3 heterocycles. The number of nitrogens with zero attached hydrogens (tertiary/aromatic N) is 1. The molecule has 0 aromatic heterocycles. The van der Waals surface area contributed by atoms with E-state index in [4.69, 9.17) is 0 Å². The Balaban J connectivity index is 1.45. The number of piperidine rings is 1. The van der Waals surface area contributed by atoms with Gasteiger partial charge in [-0.3, -0.25) is 19.8 Å². The molecule has 2 fully saturated rings. The first-order chi connectivity index (χ1) is 14.5. The van der Waals surface area contributed by atoms with E-state index in [-0.39, 0.29) is 41.4 Å². The third-order valence-corrected chi connectivity index (χ3v) is 7.60. The molecule has 5 atom stereocenters. The highest BCUT2D eigenvalue weighted by Crippen LogP contribution is 2.38. The highest BCUT2D eigenvalue weighted by Gasteiger charge is 2.44. The van der Waals surface area contributed by atoms with E-state index in [0.29, 0.717) is 6.54 Å². The summed E-state index contributed by atoms with van der Waals surface area (Å²) in [5, 5.41) is 11.9. The second kappa shape index (κ2) is 9.12. The summed E-state index contributed by atoms with van der Waals surface area (Å²) in [5.41, 5.74) is 3.56. The SMILES string of the molecule is CCC(C)NC(=O)C1CCCN(C2NC(=O)C3SC=C(c4ccc(C)cc4)C3N2)C1. The van der Waals surface area contributed by atoms with Crippen molar-refractivity contribution in [3.63, 3.8) is 0 Å². The highest BCUT2D eigenvalue weighted by molar-refractivity contribution is 8.04. The fourth-order valence-electron chi connectivity index (χ4n) is 4.39. The molecule has 7 heteroatoms. The molecule has 0 spiro atoms. The van der Waals surface area contributed by atoms with Crippen LogP contribution in [0.5, 0.6) is 0 Å². The second-order valence-electron chi connectivity index (χ2n) is 8.70.